The summed E-state index contributed by atoms with van der Waals surface area (Å²) in [5.74, 6) is -0.684. The van der Waals surface area contributed by atoms with Crippen LogP contribution in [0.4, 0.5) is 5.00 Å². The van der Waals surface area contributed by atoms with Crippen LogP contribution in [-0.4, -0.2) is 41.0 Å². The van der Waals surface area contributed by atoms with Gasteiger partial charge in [0.25, 0.3) is 11.8 Å². The van der Waals surface area contributed by atoms with Crippen molar-refractivity contribution in [2.24, 2.45) is 5.73 Å². The Morgan fingerprint density at radius 1 is 1.25 bits per heavy atom. The Morgan fingerprint density at radius 2 is 2.00 bits per heavy atom. The maximum atomic E-state index is 12.4. The molecule has 0 atom stereocenters. The van der Waals surface area contributed by atoms with Gasteiger partial charge in [0.05, 0.1) is 29.7 Å². The number of piperidine rings is 1. The number of hydrogen-bond acceptors (Lipinski definition) is 4. The molecule has 0 radical (unpaired) electrons. The maximum Gasteiger partial charge on any atom is 0.326 e. The van der Waals surface area contributed by atoms with Gasteiger partial charge < -0.3 is 20.9 Å². The number of carbonyl (C=O) groups excluding carboxylic acids is 2. The Morgan fingerprint density at radius 3 is 2.75 bits per heavy atom. The lowest BCUT2D eigenvalue weighted by Crippen LogP contribution is -3.14. The summed E-state index contributed by atoms with van der Waals surface area (Å²) in [5.41, 5.74) is 7.35. The van der Waals surface area contributed by atoms with Crippen LogP contribution in [0.3, 0.4) is 0 Å². The maximum absolute atomic E-state index is 12.4. The number of rotatable bonds is 5. The quantitative estimate of drug-likeness (QED) is 0.495. The number of likely N-dealkylation sites (tertiary alicyclic amines) is 1. The number of imidazole rings is 1. The van der Waals surface area contributed by atoms with Crippen molar-refractivity contribution in [1.29, 1.82) is 0 Å². The molecule has 1 aromatic carbocycles. The molecular formula is C19H22N5O3S+. The topological polar surface area (TPSA) is 114 Å². The van der Waals surface area contributed by atoms with Crippen molar-refractivity contribution in [3.05, 3.63) is 51.8 Å². The minimum Gasteiger partial charge on any atom is -0.366 e. The number of para-hydroxylation sites is 2. The molecular weight excluding hydrogens is 378 g/mol. The van der Waals surface area contributed by atoms with E-state index < -0.39 is 5.91 Å². The molecule has 146 valence electrons. The van der Waals surface area contributed by atoms with Gasteiger partial charge in [-0.15, -0.1) is 11.3 Å². The Hall–Kier alpha value is -2.91. The van der Waals surface area contributed by atoms with Crippen molar-refractivity contribution in [1.82, 2.24) is 9.55 Å². The summed E-state index contributed by atoms with van der Waals surface area (Å²) in [7, 11) is 0. The van der Waals surface area contributed by atoms with E-state index in [0.29, 0.717) is 17.1 Å². The second-order valence-corrected chi connectivity index (χ2v) is 7.97. The standard InChI is InChI=1S/C19H21N5O3S/c20-17(26)13-7-10-28-18(13)22-16(25)11-23-8-5-12(6-9-23)24-15-4-2-1-3-14(15)21-19(24)27/h1-4,7,10,12H,5-6,8-9,11H2,(H2,20,26)(H,21,27)(H,22,25)/p+1. The predicted molar refractivity (Wildman–Crippen MR) is 108 cm³/mol. The van der Waals surface area contributed by atoms with E-state index in [1.807, 2.05) is 28.8 Å². The second-order valence-electron chi connectivity index (χ2n) is 7.05. The number of aromatic amines is 1. The monoisotopic (exact) mass is 400 g/mol. The number of nitrogens with one attached hydrogen (secondary N) is 3. The van der Waals surface area contributed by atoms with Gasteiger partial charge in [0.2, 0.25) is 0 Å². The van der Waals surface area contributed by atoms with E-state index in [1.165, 1.54) is 16.2 Å². The lowest BCUT2D eigenvalue weighted by molar-refractivity contribution is -0.897. The molecule has 0 bridgehead atoms. The number of quaternary nitrogens is 1. The third kappa shape index (κ3) is 3.58. The van der Waals surface area contributed by atoms with Crippen molar-refractivity contribution in [3.63, 3.8) is 0 Å². The predicted octanol–water partition coefficient (Wildman–Crippen LogP) is 0.348. The number of aromatic nitrogens is 2. The number of amides is 2. The van der Waals surface area contributed by atoms with Crippen LogP contribution in [0.1, 0.15) is 29.2 Å². The van der Waals surface area contributed by atoms with Crippen molar-refractivity contribution in [3.8, 4) is 0 Å². The smallest absolute Gasteiger partial charge is 0.326 e. The molecule has 0 aliphatic carbocycles. The van der Waals surface area contributed by atoms with E-state index in [4.69, 9.17) is 5.73 Å². The number of hydrogen-bond donors (Lipinski definition) is 4. The molecule has 0 spiro atoms. The first-order valence-electron chi connectivity index (χ1n) is 9.23. The fraction of sp³-hybridized carbons (Fsp3) is 0.316. The Balaban J connectivity index is 1.37. The number of fused-ring (bicyclic) bond motifs is 1. The number of thiophene rings is 1. The lowest BCUT2D eigenvalue weighted by atomic mass is 10.0. The molecule has 1 saturated heterocycles. The number of carbonyl (C=O) groups is 2. The highest BCUT2D eigenvalue weighted by molar-refractivity contribution is 7.14. The molecule has 8 nitrogen and oxygen atoms in total. The lowest BCUT2D eigenvalue weighted by Gasteiger charge is -2.29. The number of nitrogens with zero attached hydrogens (tertiary/aromatic N) is 1. The van der Waals surface area contributed by atoms with Crippen LogP contribution in [0.2, 0.25) is 0 Å². The molecule has 2 aromatic heterocycles. The average Bonchev–Trinajstić information content (AvgIpc) is 3.26. The summed E-state index contributed by atoms with van der Waals surface area (Å²) in [6, 6.07) is 9.45. The van der Waals surface area contributed by atoms with Crippen LogP contribution in [-0.2, 0) is 4.79 Å². The Labute approximate surface area is 164 Å². The number of nitrogens with two attached hydrogens (primary N) is 1. The molecule has 2 amide bonds. The fourth-order valence-corrected chi connectivity index (χ4v) is 4.69. The van der Waals surface area contributed by atoms with Crippen LogP contribution >= 0.6 is 11.3 Å². The Bertz CT molecular complexity index is 1070. The third-order valence-electron chi connectivity index (χ3n) is 5.25. The summed E-state index contributed by atoms with van der Waals surface area (Å²) in [4.78, 5) is 40.2. The molecule has 0 saturated carbocycles. The number of primary amides is 1. The summed E-state index contributed by atoms with van der Waals surface area (Å²) in [5, 5.41) is 5.02. The van der Waals surface area contributed by atoms with Gasteiger partial charge >= 0.3 is 5.69 Å². The van der Waals surface area contributed by atoms with Gasteiger partial charge in [-0.1, -0.05) is 12.1 Å². The number of anilines is 1. The van der Waals surface area contributed by atoms with E-state index in [2.05, 4.69) is 10.3 Å². The van der Waals surface area contributed by atoms with E-state index >= 15 is 0 Å². The van der Waals surface area contributed by atoms with Crippen LogP contribution in [0.5, 0.6) is 0 Å². The molecule has 9 heteroatoms. The fourth-order valence-electron chi connectivity index (χ4n) is 3.88. The summed E-state index contributed by atoms with van der Waals surface area (Å²) < 4.78 is 1.84. The SMILES string of the molecule is NC(=O)c1ccsc1NC(=O)C[NH+]1CCC(n2c(=O)[nH]c3ccccc32)CC1. The summed E-state index contributed by atoms with van der Waals surface area (Å²) in [6.07, 6.45) is 1.66. The van der Waals surface area contributed by atoms with Crippen LogP contribution in [0, 0.1) is 0 Å². The highest BCUT2D eigenvalue weighted by Crippen LogP contribution is 2.23. The van der Waals surface area contributed by atoms with Crippen molar-refractivity contribution < 1.29 is 14.5 Å². The normalized spacial score (nSPS) is 19.6. The van der Waals surface area contributed by atoms with E-state index in [-0.39, 0.29) is 17.6 Å². The van der Waals surface area contributed by atoms with E-state index in [9.17, 15) is 14.4 Å². The highest BCUT2D eigenvalue weighted by Gasteiger charge is 2.27. The molecule has 0 unspecified atom stereocenters. The third-order valence-corrected chi connectivity index (χ3v) is 6.08. The van der Waals surface area contributed by atoms with Gasteiger partial charge in [0.15, 0.2) is 6.54 Å². The first-order valence-corrected chi connectivity index (χ1v) is 10.1. The van der Waals surface area contributed by atoms with Crippen molar-refractivity contribution in [2.75, 3.05) is 25.0 Å². The molecule has 1 fully saturated rings. The van der Waals surface area contributed by atoms with Gasteiger partial charge in [-0.3, -0.25) is 14.2 Å². The molecule has 5 N–H and O–H groups in total. The Kier molecular flexibility index (Phi) is 5.01. The van der Waals surface area contributed by atoms with Gasteiger partial charge in [-0.05, 0) is 23.6 Å². The summed E-state index contributed by atoms with van der Waals surface area (Å²) in [6.45, 7) is 1.93. The molecule has 1 aliphatic rings. The number of H-pyrrole nitrogens is 1. The van der Waals surface area contributed by atoms with Crippen molar-refractivity contribution in [2.45, 2.75) is 18.9 Å². The largest absolute Gasteiger partial charge is 0.366 e. The molecule has 3 aromatic rings. The molecule has 3 heterocycles. The van der Waals surface area contributed by atoms with Gasteiger partial charge in [0.1, 0.15) is 5.00 Å². The van der Waals surface area contributed by atoms with Gasteiger partial charge in [-0.2, -0.15) is 0 Å². The zero-order valence-electron chi connectivity index (χ0n) is 15.2. The number of benzene rings is 1. The first kappa shape index (κ1) is 18.5. The minimum atomic E-state index is -0.547. The van der Waals surface area contributed by atoms with Gasteiger partial charge in [0, 0.05) is 18.9 Å². The minimum absolute atomic E-state index is 0.0796. The van der Waals surface area contributed by atoms with Crippen LogP contribution in [0.15, 0.2) is 40.5 Å². The summed E-state index contributed by atoms with van der Waals surface area (Å²) >= 11 is 1.29. The first-order chi connectivity index (χ1) is 13.5. The van der Waals surface area contributed by atoms with Gasteiger partial charge in [-0.25, -0.2) is 4.79 Å². The second kappa shape index (κ2) is 7.61. The van der Waals surface area contributed by atoms with E-state index in [0.717, 1.165) is 37.0 Å². The van der Waals surface area contributed by atoms with Crippen LogP contribution in [0.25, 0.3) is 11.0 Å². The van der Waals surface area contributed by atoms with Crippen molar-refractivity contribution >= 4 is 39.2 Å². The molecule has 1 aliphatic heterocycles. The average molecular weight is 400 g/mol. The zero-order chi connectivity index (χ0) is 19.7. The van der Waals surface area contributed by atoms with E-state index in [1.54, 1.807) is 11.4 Å². The molecule has 4 rings (SSSR count). The van der Waals surface area contributed by atoms with Crippen LogP contribution < -0.4 is 21.6 Å². The zero-order valence-corrected chi connectivity index (χ0v) is 16.1. The molecule has 28 heavy (non-hydrogen) atoms. The highest BCUT2D eigenvalue weighted by atomic mass is 32.1.